The molecule has 2 aromatic carbocycles. The highest BCUT2D eigenvalue weighted by molar-refractivity contribution is 7.89. The van der Waals surface area contributed by atoms with E-state index in [4.69, 9.17) is 4.74 Å². The summed E-state index contributed by atoms with van der Waals surface area (Å²) in [5.41, 5.74) is -0.629. The van der Waals surface area contributed by atoms with Crippen LogP contribution in [0, 0.1) is 22.9 Å². The molecular formula is C24H24F4N2O4S. The summed E-state index contributed by atoms with van der Waals surface area (Å²) in [7, 11) is -4.26. The third-order valence-electron chi connectivity index (χ3n) is 7.26. The molecule has 2 aliphatic heterocycles. The molecule has 0 radical (unpaired) electrons. The zero-order valence-electron chi connectivity index (χ0n) is 18.6. The smallest absolute Gasteiger partial charge is 0.252 e. The first-order valence-corrected chi connectivity index (χ1v) is 13.0. The molecule has 1 spiro atoms. The van der Waals surface area contributed by atoms with E-state index in [1.54, 1.807) is 0 Å². The molecule has 0 aromatic heterocycles. The Balaban J connectivity index is 1.52. The highest BCUT2D eigenvalue weighted by atomic mass is 32.2. The molecule has 3 fully saturated rings. The highest BCUT2D eigenvalue weighted by Gasteiger charge is 2.62. The van der Waals surface area contributed by atoms with Crippen molar-refractivity contribution in [1.82, 2.24) is 9.62 Å². The molecule has 188 valence electrons. The predicted molar refractivity (Wildman–Crippen MR) is 119 cm³/mol. The van der Waals surface area contributed by atoms with E-state index in [2.05, 4.69) is 4.72 Å². The van der Waals surface area contributed by atoms with Crippen LogP contribution in [-0.4, -0.2) is 56.6 Å². The van der Waals surface area contributed by atoms with Gasteiger partial charge in [0.1, 0.15) is 23.6 Å². The number of rotatable bonds is 7. The Morgan fingerprint density at radius 2 is 1.89 bits per heavy atom. The van der Waals surface area contributed by atoms with E-state index in [1.165, 1.54) is 23.1 Å². The molecule has 35 heavy (non-hydrogen) atoms. The number of nitrogens with one attached hydrogen (secondary N) is 1. The van der Waals surface area contributed by atoms with Crippen molar-refractivity contribution < 1.29 is 35.5 Å². The van der Waals surface area contributed by atoms with E-state index in [0.717, 1.165) is 12.1 Å². The van der Waals surface area contributed by atoms with Crippen LogP contribution in [0.3, 0.4) is 0 Å². The van der Waals surface area contributed by atoms with Crippen LogP contribution in [0.5, 0.6) is 0 Å². The maximum absolute atomic E-state index is 15.6. The van der Waals surface area contributed by atoms with Crippen LogP contribution in [0.15, 0.2) is 36.4 Å². The first-order chi connectivity index (χ1) is 16.6. The van der Waals surface area contributed by atoms with E-state index >= 15 is 4.39 Å². The second-order valence-electron chi connectivity index (χ2n) is 9.47. The number of amides is 1. The minimum Gasteiger partial charge on any atom is -0.368 e. The normalized spacial score (nSPS) is 25.0. The minimum atomic E-state index is -4.26. The number of carbonyl (C=O) groups excluding carboxylic acids is 1. The lowest BCUT2D eigenvalue weighted by Gasteiger charge is -2.34. The molecule has 1 saturated carbocycles. The molecule has 1 amide bonds. The second kappa shape index (κ2) is 8.86. The molecule has 6 nitrogen and oxygen atoms in total. The SMILES string of the molecule is O=C([C@H]1CCO1)N1CC2(CC2)C(NS(=O)(=O)CF)C1Cc1cccc(-c2ccc(F)cc2F)c1F. The zero-order chi connectivity index (χ0) is 25.0. The summed E-state index contributed by atoms with van der Waals surface area (Å²) in [6, 6.07) is 3.97. The van der Waals surface area contributed by atoms with Crippen molar-refractivity contribution >= 4 is 15.9 Å². The van der Waals surface area contributed by atoms with E-state index in [9.17, 15) is 26.4 Å². The average Bonchev–Trinajstić information content (AvgIpc) is 3.49. The number of nitrogens with zero attached hydrogens (tertiary/aromatic N) is 1. The van der Waals surface area contributed by atoms with Crippen LogP contribution in [0.1, 0.15) is 24.8 Å². The summed E-state index contributed by atoms with van der Waals surface area (Å²) in [5, 5.41) is 0. The molecule has 1 N–H and O–H groups in total. The third-order valence-corrected chi connectivity index (χ3v) is 8.16. The Kier molecular flexibility index (Phi) is 6.13. The zero-order valence-corrected chi connectivity index (χ0v) is 19.5. The molecule has 1 aliphatic carbocycles. The van der Waals surface area contributed by atoms with Gasteiger partial charge < -0.3 is 9.64 Å². The lowest BCUT2D eigenvalue weighted by atomic mass is 9.91. The number of alkyl halides is 1. The Labute approximate surface area is 200 Å². The molecule has 3 aliphatic rings. The van der Waals surface area contributed by atoms with Crippen molar-refractivity contribution in [3.63, 3.8) is 0 Å². The molecule has 2 saturated heterocycles. The lowest BCUT2D eigenvalue weighted by Crippen LogP contribution is -2.53. The largest absolute Gasteiger partial charge is 0.368 e. The number of hydrogen-bond acceptors (Lipinski definition) is 4. The Bertz CT molecular complexity index is 1260. The monoisotopic (exact) mass is 512 g/mol. The van der Waals surface area contributed by atoms with Crippen LogP contribution < -0.4 is 4.72 Å². The number of likely N-dealkylation sites (tertiary alicyclic amines) is 1. The number of benzene rings is 2. The summed E-state index contributed by atoms with van der Waals surface area (Å²) in [6.45, 7) is 0.696. The number of carbonyl (C=O) groups is 1. The third kappa shape index (κ3) is 4.45. The highest BCUT2D eigenvalue weighted by Crippen LogP contribution is 2.56. The van der Waals surface area contributed by atoms with Gasteiger partial charge in [-0.2, -0.15) is 0 Å². The molecular weight excluding hydrogens is 488 g/mol. The summed E-state index contributed by atoms with van der Waals surface area (Å²) in [6.07, 6.45) is 1.09. The van der Waals surface area contributed by atoms with Crippen LogP contribution >= 0.6 is 0 Å². The Morgan fingerprint density at radius 1 is 1.14 bits per heavy atom. The summed E-state index contributed by atoms with van der Waals surface area (Å²) in [5.74, 6) is -2.78. The van der Waals surface area contributed by atoms with Gasteiger partial charge in [-0.15, -0.1) is 0 Å². The van der Waals surface area contributed by atoms with E-state index in [-0.39, 0.29) is 35.6 Å². The molecule has 2 aromatic rings. The second-order valence-corrected chi connectivity index (χ2v) is 11.2. The van der Waals surface area contributed by atoms with Gasteiger partial charge in [0, 0.05) is 41.6 Å². The van der Waals surface area contributed by atoms with Crippen molar-refractivity contribution in [3.05, 3.63) is 59.4 Å². The number of ether oxygens (including phenoxy) is 1. The maximum Gasteiger partial charge on any atom is 0.252 e. The molecule has 3 atom stereocenters. The molecule has 11 heteroatoms. The van der Waals surface area contributed by atoms with Crippen LogP contribution in [0.2, 0.25) is 0 Å². The topological polar surface area (TPSA) is 75.7 Å². The van der Waals surface area contributed by atoms with Gasteiger partial charge in [0.05, 0.1) is 12.6 Å². The molecule has 2 heterocycles. The first kappa shape index (κ1) is 24.2. The van der Waals surface area contributed by atoms with Crippen molar-refractivity contribution in [2.24, 2.45) is 5.41 Å². The van der Waals surface area contributed by atoms with Crippen molar-refractivity contribution in [1.29, 1.82) is 0 Å². The fraction of sp³-hybridized carbons (Fsp3) is 0.458. The van der Waals surface area contributed by atoms with Gasteiger partial charge >= 0.3 is 0 Å². The van der Waals surface area contributed by atoms with Gasteiger partial charge in [-0.3, -0.25) is 4.79 Å². The first-order valence-electron chi connectivity index (χ1n) is 11.3. The molecule has 2 unspecified atom stereocenters. The fourth-order valence-electron chi connectivity index (χ4n) is 5.16. The van der Waals surface area contributed by atoms with Crippen molar-refractivity contribution in [2.45, 2.75) is 43.9 Å². The maximum atomic E-state index is 15.6. The van der Waals surface area contributed by atoms with Gasteiger partial charge in [-0.1, -0.05) is 18.2 Å². The van der Waals surface area contributed by atoms with Gasteiger partial charge in [0.25, 0.3) is 5.91 Å². The molecule has 0 bridgehead atoms. The van der Waals surface area contributed by atoms with Gasteiger partial charge in [0.2, 0.25) is 16.0 Å². The Morgan fingerprint density at radius 3 is 2.49 bits per heavy atom. The number of sulfonamides is 1. The average molecular weight is 513 g/mol. The minimum absolute atomic E-state index is 0.0812. The summed E-state index contributed by atoms with van der Waals surface area (Å²) < 4.78 is 88.6. The number of halogens is 4. The van der Waals surface area contributed by atoms with E-state index in [1.807, 2.05) is 0 Å². The van der Waals surface area contributed by atoms with Crippen molar-refractivity contribution in [3.8, 4) is 11.1 Å². The van der Waals surface area contributed by atoms with Gasteiger partial charge in [-0.25, -0.2) is 30.7 Å². The quantitative estimate of drug-likeness (QED) is 0.578. The number of hydrogen-bond donors (Lipinski definition) is 1. The Hall–Kier alpha value is -2.50. The van der Waals surface area contributed by atoms with Gasteiger partial charge in [0.15, 0.2) is 0 Å². The lowest BCUT2D eigenvalue weighted by molar-refractivity contribution is -0.157. The summed E-state index contributed by atoms with van der Waals surface area (Å²) >= 11 is 0. The van der Waals surface area contributed by atoms with Gasteiger partial charge in [-0.05, 0) is 37.0 Å². The fourth-order valence-corrected chi connectivity index (χ4v) is 6.02. The van der Waals surface area contributed by atoms with Crippen LogP contribution in [0.4, 0.5) is 17.6 Å². The van der Waals surface area contributed by atoms with E-state index in [0.29, 0.717) is 31.9 Å². The summed E-state index contributed by atoms with van der Waals surface area (Å²) in [4.78, 5) is 14.7. The van der Waals surface area contributed by atoms with Crippen LogP contribution in [-0.2, 0) is 26.0 Å². The van der Waals surface area contributed by atoms with E-state index < -0.39 is 57.1 Å². The predicted octanol–water partition coefficient (Wildman–Crippen LogP) is 3.31. The molecule has 5 rings (SSSR count). The van der Waals surface area contributed by atoms with Crippen molar-refractivity contribution in [2.75, 3.05) is 19.2 Å². The standard InChI is InChI=1S/C24H24F4N2O4S/c25-13-35(32,33)29-22-19(30(12-24(22)7-8-24)23(31)20-6-9-34-20)10-14-2-1-3-17(21(14)28)16-5-4-15(26)11-18(16)27/h1-5,11,19-20,22,29H,6-10,12-13H2/t19?,20-,22?/m1/s1. The van der Waals surface area contributed by atoms with Crippen LogP contribution in [0.25, 0.3) is 11.1 Å².